The van der Waals surface area contributed by atoms with Gasteiger partial charge in [-0.2, -0.15) is 0 Å². The summed E-state index contributed by atoms with van der Waals surface area (Å²) in [7, 11) is 0. The van der Waals surface area contributed by atoms with Gasteiger partial charge in [-0.15, -0.1) is 0 Å². The van der Waals surface area contributed by atoms with Crippen LogP contribution in [-0.4, -0.2) is 20.2 Å². The maximum Gasteiger partial charge on any atom is 0.311 e. The van der Waals surface area contributed by atoms with Crippen molar-refractivity contribution >= 4 is 49.6 Å². The Labute approximate surface area is 159 Å². The lowest BCUT2D eigenvalue weighted by molar-refractivity contribution is -0.145. The van der Waals surface area contributed by atoms with Gasteiger partial charge in [-0.1, -0.05) is 48.5 Å². The van der Waals surface area contributed by atoms with Crippen LogP contribution in [0.15, 0.2) is 60.7 Å². The smallest absolute Gasteiger partial charge is 0.311 e. The lowest BCUT2D eigenvalue weighted by atomic mass is 10.0. The van der Waals surface area contributed by atoms with Gasteiger partial charge in [0, 0.05) is 28.0 Å². The van der Waals surface area contributed by atoms with Crippen LogP contribution < -0.4 is 0 Å². The molecule has 3 aromatic carbocycles. The Kier molecular flexibility index (Phi) is 2.49. The number of aliphatic carboxylic acids is 1. The number of para-hydroxylation sites is 2. The lowest BCUT2D eigenvalue weighted by Crippen LogP contribution is -2.22. The molecule has 0 aliphatic carbocycles. The van der Waals surface area contributed by atoms with E-state index in [0.29, 0.717) is 6.42 Å². The molecule has 4 heterocycles. The molecule has 0 saturated carbocycles. The molecule has 1 unspecified atom stereocenters. The molecule has 7 rings (SSSR count). The maximum absolute atomic E-state index is 12.1. The number of nitrogens with zero attached hydrogens (tertiary/aromatic N) is 2. The first-order valence-electron chi connectivity index (χ1n) is 9.56. The Bertz CT molecular complexity index is 1480. The number of carbonyl (C=O) groups is 1. The van der Waals surface area contributed by atoms with E-state index in [1.54, 1.807) is 0 Å². The SMILES string of the molecule is O=C(O)[C@@H]1C[C@@H]2OC1n1c3ccccc3c3ccc4c5ccccc5n2c4c31. The number of carboxylic acid groups (broad SMARTS) is 1. The van der Waals surface area contributed by atoms with Crippen LogP contribution in [0.1, 0.15) is 18.9 Å². The summed E-state index contributed by atoms with van der Waals surface area (Å²) in [5.41, 5.74) is 4.35. The van der Waals surface area contributed by atoms with Gasteiger partial charge in [0.15, 0.2) is 6.23 Å². The van der Waals surface area contributed by atoms with Crippen molar-refractivity contribution < 1.29 is 14.6 Å². The summed E-state index contributed by atoms with van der Waals surface area (Å²) < 4.78 is 10.8. The molecule has 2 bridgehead atoms. The summed E-state index contributed by atoms with van der Waals surface area (Å²) in [5, 5.41) is 14.6. The lowest BCUT2D eigenvalue weighted by Gasteiger charge is -2.19. The number of rotatable bonds is 1. The first kappa shape index (κ1) is 14.7. The quantitative estimate of drug-likeness (QED) is 0.451. The zero-order chi connectivity index (χ0) is 18.6. The fourth-order valence-corrected chi connectivity index (χ4v) is 5.40. The van der Waals surface area contributed by atoms with Gasteiger partial charge in [0.05, 0.1) is 22.1 Å². The average Bonchev–Trinajstić information content (AvgIpc) is 3.33. The maximum atomic E-state index is 12.1. The zero-order valence-corrected chi connectivity index (χ0v) is 14.9. The van der Waals surface area contributed by atoms with Crippen LogP contribution in [0, 0.1) is 5.92 Å². The summed E-state index contributed by atoms with van der Waals surface area (Å²) in [6.45, 7) is 0. The second-order valence-corrected chi connectivity index (χ2v) is 7.79. The summed E-state index contributed by atoms with van der Waals surface area (Å²) in [6, 6.07) is 20.9. The zero-order valence-electron chi connectivity index (χ0n) is 14.9. The number of benzene rings is 3. The van der Waals surface area contributed by atoms with Crippen LogP contribution in [0.3, 0.4) is 0 Å². The van der Waals surface area contributed by atoms with Crippen LogP contribution in [0.25, 0.3) is 43.6 Å². The van der Waals surface area contributed by atoms with Gasteiger partial charge in [-0.3, -0.25) is 4.79 Å². The first-order valence-corrected chi connectivity index (χ1v) is 9.56. The third kappa shape index (κ3) is 1.52. The minimum atomic E-state index is -0.800. The van der Waals surface area contributed by atoms with E-state index < -0.39 is 18.1 Å². The molecule has 5 nitrogen and oxygen atoms in total. The van der Waals surface area contributed by atoms with Crippen LogP contribution in [0.2, 0.25) is 0 Å². The van der Waals surface area contributed by atoms with Crippen molar-refractivity contribution in [3.05, 3.63) is 60.7 Å². The fourth-order valence-electron chi connectivity index (χ4n) is 5.40. The third-order valence-corrected chi connectivity index (χ3v) is 6.50. The highest BCUT2D eigenvalue weighted by Crippen LogP contribution is 2.51. The molecule has 2 aromatic heterocycles. The van der Waals surface area contributed by atoms with Gasteiger partial charge < -0.3 is 19.0 Å². The van der Waals surface area contributed by atoms with E-state index in [0.717, 1.165) is 32.8 Å². The van der Waals surface area contributed by atoms with Crippen molar-refractivity contribution in [1.82, 2.24) is 9.13 Å². The van der Waals surface area contributed by atoms with E-state index in [1.165, 1.54) is 10.8 Å². The van der Waals surface area contributed by atoms with Gasteiger partial charge >= 0.3 is 5.97 Å². The van der Waals surface area contributed by atoms with Crippen molar-refractivity contribution in [2.24, 2.45) is 5.92 Å². The summed E-state index contributed by atoms with van der Waals surface area (Å²) in [6.07, 6.45) is -0.317. The Morgan fingerprint density at radius 3 is 2.04 bits per heavy atom. The Balaban J connectivity index is 1.80. The molecule has 136 valence electrons. The molecule has 28 heavy (non-hydrogen) atoms. The van der Waals surface area contributed by atoms with E-state index in [9.17, 15) is 9.90 Å². The van der Waals surface area contributed by atoms with E-state index in [2.05, 4.69) is 51.6 Å². The van der Waals surface area contributed by atoms with E-state index in [1.807, 2.05) is 18.2 Å². The minimum absolute atomic E-state index is 0.280. The van der Waals surface area contributed by atoms with Crippen molar-refractivity contribution in [2.75, 3.05) is 0 Å². The number of hydrogen-bond acceptors (Lipinski definition) is 2. The molecule has 0 amide bonds. The monoisotopic (exact) mass is 368 g/mol. The summed E-state index contributed by atoms with van der Waals surface area (Å²) in [4.78, 5) is 12.1. The fraction of sp³-hybridized carbons (Fsp3) is 0.174. The predicted molar refractivity (Wildman–Crippen MR) is 107 cm³/mol. The molecule has 3 atom stereocenters. The molecule has 0 spiro atoms. The standard InChI is InChI=1S/C23H16N2O3/c26-23(27)16-11-19-24-17-7-3-1-5-12(17)14-9-10-15-13-6-2-4-8-18(13)25(22(16)28-19)21(15)20(14)24/h1-10,16,19,22H,11H2,(H,26,27)/t16-,19+,22?/m1/s1. The molecule has 0 radical (unpaired) electrons. The van der Waals surface area contributed by atoms with E-state index in [4.69, 9.17) is 4.74 Å². The average molecular weight is 368 g/mol. The Morgan fingerprint density at radius 1 is 0.821 bits per heavy atom. The molecule has 2 aliphatic rings. The molecule has 2 aliphatic heterocycles. The van der Waals surface area contributed by atoms with Crippen LogP contribution in [0.5, 0.6) is 0 Å². The number of fused-ring (bicyclic) bond motifs is 10. The highest BCUT2D eigenvalue weighted by Gasteiger charge is 2.46. The van der Waals surface area contributed by atoms with Crippen molar-refractivity contribution in [3.63, 3.8) is 0 Å². The van der Waals surface area contributed by atoms with Gasteiger partial charge in [-0.25, -0.2) is 0 Å². The van der Waals surface area contributed by atoms with Crippen molar-refractivity contribution in [2.45, 2.75) is 18.9 Å². The molecule has 5 aromatic rings. The molecule has 5 heteroatoms. The second kappa shape index (κ2) is 4.75. The number of ether oxygens (including phenoxy) is 1. The summed E-state index contributed by atoms with van der Waals surface area (Å²) >= 11 is 0. The van der Waals surface area contributed by atoms with Gasteiger partial charge in [0.1, 0.15) is 12.1 Å². The first-order chi connectivity index (χ1) is 13.7. The van der Waals surface area contributed by atoms with Crippen LogP contribution in [-0.2, 0) is 9.53 Å². The Hall–Kier alpha value is -3.31. The highest BCUT2D eigenvalue weighted by molar-refractivity contribution is 6.22. The largest absolute Gasteiger partial charge is 0.481 e. The van der Waals surface area contributed by atoms with Crippen LogP contribution >= 0.6 is 0 Å². The minimum Gasteiger partial charge on any atom is -0.481 e. The number of carboxylic acids is 1. The van der Waals surface area contributed by atoms with E-state index >= 15 is 0 Å². The molecular formula is C23H16N2O3. The molecule has 1 saturated heterocycles. The molecular weight excluding hydrogens is 352 g/mol. The van der Waals surface area contributed by atoms with Crippen molar-refractivity contribution in [3.8, 4) is 0 Å². The molecule has 1 N–H and O–H groups in total. The predicted octanol–water partition coefficient (Wildman–Crippen LogP) is 5.03. The normalized spacial score (nSPS) is 23.4. The highest BCUT2D eigenvalue weighted by atomic mass is 16.5. The second-order valence-electron chi connectivity index (χ2n) is 7.79. The van der Waals surface area contributed by atoms with E-state index in [-0.39, 0.29) is 6.23 Å². The topological polar surface area (TPSA) is 56.4 Å². The van der Waals surface area contributed by atoms with Crippen LogP contribution in [0.4, 0.5) is 0 Å². The van der Waals surface area contributed by atoms with Gasteiger partial charge in [-0.05, 0) is 12.1 Å². The summed E-state index contributed by atoms with van der Waals surface area (Å²) in [5.74, 6) is -1.38. The third-order valence-electron chi connectivity index (χ3n) is 6.50. The number of hydrogen-bond donors (Lipinski definition) is 1. The van der Waals surface area contributed by atoms with Gasteiger partial charge in [0.2, 0.25) is 0 Å². The van der Waals surface area contributed by atoms with Gasteiger partial charge in [0.25, 0.3) is 0 Å². The Morgan fingerprint density at radius 2 is 1.39 bits per heavy atom. The number of aromatic nitrogens is 2. The van der Waals surface area contributed by atoms with Crippen molar-refractivity contribution in [1.29, 1.82) is 0 Å². The molecule has 1 fully saturated rings.